The van der Waals surface area contributed by atoms with Crippen molar-refractivity contribution in [1.29, 1.82) is 0 Å². The predicted molar refractivity (Wildman–Crippen MR) is 99.2 cm³/mol. The van der Waals surface area contributed by atoms with Crippen molar-refractivity contribution in [1.82, 2.24) is 19.9 Å². The topological polar surface area (TPSA) is 66.4 Å². The normalized spacial score (nSPS) is 15.2. The van der Waals surface area contributed by atoms with Crippen LogP contribution in [0.4, 0.5) is 11.8 Å². The summed E-state index contributed by atoms with van der Waals surface area (Å²) >= 11 is 0. The lowest BCUT2D eigenvalue weighted by Gasteiger charge is -2.35. The molecule has 0 bridgehead atoms. The van der Waals surface area contributed by atoms with Crippen molar-refractivity contribution in [3.8, 4) is 5.88 Å². The fourth-order valence-electron chi connectivity index (χ4n) is 2.99. The van der Waals surface area contributed by atoms with E-state index in [1.807, 2.05) is 25.1 Å². The van der Waals surface area contributed by atoms with E-state index in [2.05, 4.69) is 37.0 Å². The van der Waals surface area contributed by atoms with E-state index < -0.39 is 0 Å². The van der Waals surface area contributed by atoms with Gasteiger partial charge in [0.2, 0.25) is 11.8 Å². The van der Waals surface area contributed by atoms with Crippen LogP contribution in [0, 0.1) is 6.92 Å². The lowest BCUT2D eigenvalue weighted by molar-refractivity contribution is 0.248. The predicted octanol–water partition coefficient (Wildman–Crippen LogP) is 1.94. The number of nitrogens with zero attached hydrogens (tertiary/aromatic N) is 5. The molecule has 7 heteroatoms. The van der Waals surface area contributed by atoms with Crippen molar-refractivity contribution < 1.29 is 4.74 Å². The molecule has 0 aromatic carbocycles. The number of rotatable bonds is 6. The molecule has 2 aromatic rings. The maximum Gasteiger partial charge on any atom is 0.227 e. The molecule has 0 amide bonds. The first-order valence-electron chi connectivity index (χ1n) is 8.73. The fraction of sp³-hybridized carbons (Fsp3) is 0.500. The Kier molecular flexibility index (Phi) is 5.65. The molecule has 7 nitrogen and oxygen atoms in total. The molecule has 2 aromatic heterocycles. The summed E-state index contributed by atoms with van der Waals surface area (Å²) in [5, 5.41) is 3.27. The molecule has 0 atom stereocenters. The van der Waals surface area contributed by atoms with Gasteiger partial charge in [0.05, 0.1) is 7.11 Å². The standard InChI is InChI=1S/C18H26N6O/c1-4-19-16-11-14(2)21-18(22-16)24-9-7-23(8-10-24)13-15-5-6-20-17(12-15)25-3/h5-6,11-12H,4,7-10,13H2,1-3H3,(H,19,21,22). The van der Waals surface area contributed by atoms with Gasteiger partial charge in [0, 0.05) is 63.3 Å². The minimum Gasteiger partial charge on any atom is -0.481 e. The van der Waals surface area contributed by atoms with Crippen molar-refractivity contribution in [2.45, 2.75) is 20.4 Å². The van der Waals surface area contributed by atoms with E-state index in [0.717, 1.165) is 56.7 Å². The zero-order valence-electron chi connectivity index (χ0n) is 15.2. The van der Waals surface area contributed by atoms with Crippen molar-refractivity contribution in [2.75, 3.05) is 50.1 Å². The zero-order valence-corrected chi connectivity index (χ0v) is 15.2. The molecule has 0 saturated carbocycles. The van der Waals surface area contributed by atoms with Crippen LogP contribution >= 0.6 is 0 Å². The Morgan fingerprint density at radius 2 is 1.96 bits per heavy atom. The number of piperazine rings is 1. The van der Waals surface area contributed by atoms with Crippen LogP contribution in [-0.2, 0) is 6.54 Å². The first-order valence-corrected chi connectivity index (χ1v) is 8.73. The molecule has 1 aliphatic rings. The summed E-state index contributed by atoms with van der Waals surface area (Å²) in [6.07, 6.45) is 1.80. The fourth-order valence-corrected chi connectivity index (χ4v) is 2.99. The maximum atomic E-state index is 5.20. The van der Waals surface area contributed by atoms with E-state index in [1.165, 1.54) is 5.56 Å². The largest absolute Gasteiger partial charge is 0.481 e. The minimum atomic E-state index is 0.667. The maximum absolute atomic E-state index is 5.20. The van der Waals surface area contributed by atoms with Gasteiger partial charge < -0.3 is 15.0 Å². The highest BCUT2D eigenvalue weighted by Crippen LogP contribution is 2.17. The first kappa shape index (κ1) is 17.4. The average Bonchev–Trinajstić information content (AvgIpc) is 2.62. The summed E-state index contributed by atoms with van der Waals surface area (Å²) in [6, 6.07) is 6.03. The summed E-state index contributed by atoms with van der Waals surface area (Å²) in [5.74, 6) is 2.39. The highest BCUT2D eigenvalue weighted by molar-refractivity contribution is 5.43. The number of pyridine rings is 1. The molecule has 1 N–H and O–H groups in total. The van der Waals surface area contributed by atoms with E-state index >= 15 is 0 Å². The van der Waals surface area contributed by atoms with Crippen molar-refractivity contribution in [3.63, 3.8) is 0 Å². The number of ether oxygens (including phenoxy) is 1. The van der Waals surface area contributed by atoms with Crippen LogP contribution in [0.25, 0.3) is 0 Å². The zero-order chi connectivity index (χ0) is 17.6. The molecule has 0 radical (unpaired) electrons. The van der Waals surface area contributed by atoms with Gasteiger partial charge in [-0.3, -0.25) is 4.90 Å². The Morgan fingerprint density at radius 3 is 2.68 bits per heavy atom. The van der Waals surface area contributed by atoms with Crippen molar-refractivity contribution in [3.05, 3.63) is 35.7 Å². The number of hydrogen-bond donors (Lipinski definition) is 1. The Bertz CT molecular complexity index is 700. The molecule has 1 aliphatic heterocycles. The van der Waals surface area contributed by atoms with Gasteiger partial charge in [0.25, 0.3) is 0 Å². The van der Waals surface area contributed by atoms with Crippen LogP contribution in [0.15, 0.2) is 24.4 Å². The SMILES string of the molecule is CCNc1cc(C)nc(N2CCN(Cc3ccnc(OC)c3)CC2)n1. The smallest absolute Gasteiger partial charge is 0.227 e. The van der Waals surface area contributed by atoms with Crippen LogP contribution in [0.3, 0.4) is 0 Å². The van der Waals surface area contributed by atoms with Gasteiger partial charge in [-0.2, -0.15) is 4.98 Å². The molecular weight excluding hydrogens is 316 g/mol. The van der Waals surface area contributed by atoms with Crippen LogP contribution in [0.5, 0.6) is 5.88 Å². The Morgan fingerprint density at radius 1 is 1.16 bits per heavy atom. The lowest BCUT2D eigenvalue weighted by atomic mass is 10.2. The monoisotopic (exact) mass is 342 g/mol. The summed E-state index contributed by atoms with van der Waals surface area (Å²) < 4.78 is 5.20. The third-order valence-electron chi connectivity index (χ3n) is 4.27. The lowest BCUT2D eigenvalue weighted by Crippen LogP contribution is -2.46. The van der Waals surface area contributed by atoms with Crippen molar-refractivity contribution in [2.24, 2.45) is 0 Å². The third-order valence-corrected chi connectivity index (χ3v) is 4.27. The van der Waals surface area contributed by atoms with Crippen LogP contribution in [-0.4, -0.2) is 59.7 Å². The van der Waals surface area contributed by atoms with Crippen molar-refractivity contribution >= 4 is 11.8 Å². The highest BCUT2D eigenvalue weighted by atomic mass is 16.5. The molecule has 134 valence electrons. The number of anilines is 2. The quantitative estimate of drug-likeness (QED) is 0.860. The van der Waals surface area contributed by atoms with Gasteiger partial charge in [0.1, 0.15) is 5.82 Å². The second-order valence-electron chi connectivity index (χ2n) is 6.19. The first-order chi connectivity index (χ1) is 12.2. The van der Waals surface area contributed by atoms with Gasteiger partial charge in [-0.1, -0.05) is 0 Å². The van der Waals surface area contributed by atoms with E-state index in [0.29, 0.717) is 5.88 Å². The third kappa shape index (κ3) is 4.57. The molecule has 1 fully saturated rings. The Labute approximate surface area is 149 Å². The molecular formula is C18H26N6O. The summed E-state index contributed by atoms with van der Waals surface area (Å²) in [7, 11) is 1.65. The second-order valence-corrected chi connectivity index (χ2v) is 6.19. The van der Waals surface area contributed by atoms with Crippen LogP contribution in [0.1, 0.15) is 18.2 Å². The molecule has 0 spiro atoms. The van der Waals surface area contributed by atoms with E-state index in [4.69, 9.17) is 4.74 Å². The van der Waals surface area contributed by atoms with Crippen LogP contribution in [0.2, 0.25) is 0 Å². The molecule has 25 heavy (non-hydrogen) atoms. The van der Waals surface area contributed by atoms with Gasteiger partial charge in [-0.15, -0.1) is 0 Å². The van der Waals surface area contributed by atoms with Gasteiger partial charge in [-0.25, -0.2) is 9.97 Å². The average molecular weight is 342 g/mol. The molecule has 0 aliphatic carbocycles. The number of hydrogen-bond acceptors (Lipinski definition) is 7. The second kappa shape index (κ2) is 8.11. The molecule has 3 heterocycles. The van der Waals surface area contributed by atoms with Gasteiger partial charge in [-0.05, 0) is 25.5 Å². The van der Waals surface area contributed by atoms with E-state index in [9.17, 15) is 0 Å². The number of aryl methyl sites for hydroxylation is 1. The minimum absolute atomic E-state index is 0.667. The van der Waals surface area contributed by atoms with E-state index in [-0.39, 0.29) is 0 Å². The van der Waals surface area contributed by atoms with Crippen LogP contribution < -0.4 is 15.0 Å². The number of methoxy groups -OCH3 is 1. The van der Waals surface area contributed by atoms with Gasteiger partial charge >= 0.3 is 0 Å². The summed E-state index contributed by atoms with van der Waals surface area (Å²) in [5.41, 5.74) is 2.22. The molecule has 0 unspecified atom stereocenters. The molecule has 3 rings (SSSR count). The number of aromatic nitrogens is 3. The van der Waals surface area contributed by atoms with E-state index in [1.54, 1.807) is 13.3 Å². The van der Waals surface area contributed by atoms with Gasteiger partial charge in [0.15, 0.2) is 0 Å². The highest BCUT2D eigenvalue weighted by Gasteiger charge is 2.20. The summed E-state index contributed by atoms with van der Waals surface area (Å²) in [6.45, 7) is 9.68. The summed E-state index contributed by atoms with van der Waals surface area (Å²) in [4.78, 5) is 18.1. The Balaban J connectivity index is 1.60. The number of nitrogens with one attached hydrogen (secondary N) is 1. The molecule has 1 saturated heterocycles. The Hall–Kier alpha value is -2.41.